The summed E-state index contributed by atoms with van der Waals surface area (Å²) >= 11 is 1.55. The largest absolute Gasteiger partial charge is 0.384 e. The second-order valence-corrected chi connectivity index (χ2v) is 5.15. The van der Waals surface area contributed by atoms with Crippen LogP contribution in [0, 0.1) is 11.2 Å². The summed E-state index contributed by atoms with van der Waals surface area (Å²) in [6, 6.07) is 12.0. The highest BCUT2D eigenvalue weighted by atomic mass is 32.2. The molecule has 3 nitrogen and oxygen atoms in total. The summed E-state index contributed by atoms with van der Waals surface area (Å²) in [6.07, 6.45) is 1.95. The summed E-state index contributed by atoms with van der Waals surface area (Å²) in [7, 11) is 1.87. The molecule has 0 saturated carbocycles. The van der Waals surface area contributed by atoms with E-state index in [0.29, 0.717) is 5.56 Å². The van der Waals surface area contributed by atoms with Crippen LogP contribution in [0.5, 0.6) is 0 Å². The molecule has 0 unspecified atom stereocenters. The molecule has 20 heavy (non-hydrogen) atoms. The molecule has 0 atom stereocenters. The Balaban J connectivity index is 2.51. The number of anilines is 2. The quantitative estimate of drug-likeness (QED) is 0.513. The highest BCUT2D eigenvalue weighted by molar-refractivity contribution is 7.98. The molecule has 3 N–H and O–H groups in total. The molecule has 0 aromatic heterocycles. The van der Waals surface area contributed by atoms with E-state index in [9.17, 15) is 4.39 Å². The molecule has 0 saturated heterocycles. The molecule has 2 aromatic rings. The number of benzene rings is 2. The van der Waals surface area contributed by atoms with Crippen LogP contribution in [0.15, 0.2) is 47.4 Å². The van der Waals surface area contributed by atoms with Gasteiger partial charge in [-0.05, 0) is 42.7 Å². The van der Waals surface area contributed by atoms with Gasteiger partial charge in [-0.1, -0.05) is 6.07 Å². The zero-order chi connectivity index (χ0) is 14.7. The van der Waals surface area contributed by atoms with Crippen LogP contribution in [0.3, 0.4) is 0 Å². The highest BCUT2D eigenvalue weighted by Crippen LogP contribution is 2.32. The first kappa shape index (κ1) is 14.4. The fourth-order valence-electron chi connectivity index (χ4n) is 2.04. The summed E-state index contributed by atoms with van der Waals surface area (Å²) in [5.74, 6) is -0.245. The third-order valence-electron chi connectivity index (χ3n) is 3.07. The number of nitrogens with two attached hydrogens (primary N) is 1. The molecule has 2 aromatic carbocycles. The first-order valence-corrected chi connectivity index (χ1v) is 7.27. The Kier molecular flexibility index (Phi) is 4.29. The molecule has 104 valence electrons. The van der Waals surface area contributed by atoms with Crippen LogP contribution in [0.2, 0.25) is 0 Å². The molecule has 2 rings (SSSR count). The number of rotatable bonds is 4. The molecular formula is C15H16FN3S. The van der Waals surface area contributed by atoms with Crippen molar-refractivity contribution in [2.75, 3.05) is 18.2 Å². The van der Waals surface area contributed by atoms with E-state index in [1.807, 2.05) is 36.4 Å². The van der Waals surface area contributed by atoms with Crippen molar-refractivity contribution >= 4 is 29.0 Å². The second-order valence-electron chi connectivity index (χ2n) is 4.30. The van der Waals surface area contributed by atoms with Crippen LogP contribution in [0.25, 0.3) is 0 Å². The van der Waals surface area contributed by atoms with Gasteiger partial charge in [-0.25, -0.2) is 4.39 Å². The summed E-state index contributed by atoms with van der Waals surface area (Å²) < 4.78 is 13.0. The summed E-state index contributed by atoms with van der Waals surface area (Å²) in [6.45, 7) is 0. The van der Waals surface area contributed by atoms with Gasteiger partial charge in [0.1, 0.15) is 11.7 Å². The molecule has 0 amide bonds. The standard InChI is InChI=1S/C15H16FN3S/c1-19(11-8-6-10(16)7-9-11)12-4-3-5-13(20-2)14(12)15(17)18/h3-9H,1-2H3,(H3,17,18). The Labute approximate surface area is 122 Å². The van der Waals surface area contributed by atoms with Gasteiger partial charge in [0.15, 0.2) is 0 Å². The summed E-state index contributed by atoms with van der Waals surface area (Å²) in [5.41, 5.74) is 8.08. The minimum Gasteiger partial charge on any atom is -0.384 e. The van der Waals surface area contributed by atoms with Crippen LogP contribution in [-0.4, -0.2) is 19.1 Å². The number of nitrogen functional groups attached to an aromatic ring is 1. The predicted octanol–water partition coefficient (Wildman–Crippen LogP) is 3.60. The van der Waals surface area contributed by atoms with Gasteiger partial charge in [0.25, 0.3) is 0 Å². The average molecular weight is 289 g/mol. The molecule has 0 fully saturated rings. The van der Waals surface area contributed by atoms with Crippen molar-refractivity contribution in [3.8, 4) is 0 Å². The molecule has 0 spiro atoms. The Bertz CT molecular complexity index is 626. The van der Waals surface area contributed by atoms with Gasteiger partial charge >= 0.3 is 0 Å². The molecular weight excluding hydrogens is 273 g/mol. The van der Waals surface area contributed by atoms with Crippen molar-refractivity contribution in [3.63, 3.8) is 0 Å². The lowest BCUT2D eigenvalue weighted by Crippen LogP contribution is -2.19. The van der Waals surface area contributed by atoms with E-state index in [-0.39, 0.29) is 11.7 Å². The predicted molar refractivity (Wildman–Crippen MR) is 83.7 cm³/mol. The van der Waals surface area contributed by atoms with Gasteiger partial charge in [-0.3, -0.25) is 5.41 Å². The van der Waals surface area contributed by atoms with Crippen LogP contribution in [-0.2, 0) is 0 Å². The van der Waals surface area contributed by atoms with Crippen molar-refractivity contribution in [1.82, 2.24) is 0 Å². The number of nitrogens with zero attached hydrogens (tertiary/aromatic N) is 1. The van der Waals surface area contributed by atoms with E-state index in [2.05, 4.69) is 0 Å². The molecule has 0 radical (unpaired) electrons. The van der Waals surface area contributed by atoms with Gasteiger partial charge in [-0.2, -0.15) is 0 Å². The molecule has 5 heteroatoms. The van der Waals surface area contributed by atoms with Crippen molar-refractivity contribution < 1.29 is 4.39 Å². The Morgan fingerprint density at radius 1 is 1.20 bits per heavy atom. The lowest BCUT2D eigenvalue weighted by atomic mass is 10.1. The Morgan fingerprint density at radius 3 is 2.40 bits per heavy atom. The van der Waals surface area contributed by atoms with E-state index in [0.717, 1.165) is 16.3 Å². The van der Waals surface area contributed by atoms with E-state index >= 15 is 0 Å². The minimum atomic E-state index is -0.271. The van der Waals surface area contributed by atoms with E-state index in [1.54, 1.807) is 23.9 Å². The number of hydrogen-bond donors (Lipinski definition) is 2. The zero-order valence-electron chi connectivity index (χ0n) is 11.4. The van der Waals surface area contributed by atoms with E-state index in [1.165, 1.54) is 12.1 Å². The Morgan fingerprint density at radius 2 is 1.85 bits per heavy atom. The van der Waals surface area contributed by atoms with Gasteiger partial charge in [0.2, 0.25) is 0 Å². The third-order valence-corrected chi connectivity index (χ3v) is 3.85. The average Bonchev–Trinajstić information content (AvgIpc) is 2.46. The van der Waals surface area contributed by atoms with Gasteiger partial charge in [0, 0.05) is 17.6 Å². The minimum absolute atomic E-state index is 0.0268. The normalized spacial score (nSPS) is 10.3. The smallest absolute Gasteiger partial charge is 0.126 e. The van der Waals surface area contributed by atoms with Crippen LogP contribution in [0.1, 0.15) is 5.56 Å². The first-order chi connectivity index (χ1) is 9.54. The molecule has 0 aliphatic rings. The topological polar surface area (TPSA) is 53.1 Å². The lowest BCUT2D eigenvalue weighted by molar-refractivity contribution is 0.628. The monoisotopic (exact) mass is 289 g/mol. The summed E-state index contributed by atoms with van der Waals surface area (Å²) in [5, 5.41) is 7.79. The van der Waals surface area contributed by atoms with Crippen LogP contribution >= 0.6 is 11.8 Å². The van der Waals surface area contributed by atoms with Gasteiger partial charge in [0.05, 0.1) is 11.3 Å². The summed E-state index contributed by atoms with van der Waals surface area (Å²) in [4.78, 5) is 2.85. The van der Waals surface area contributed by atoms with Crippen LogP contribution < -0.4 is 10.6 Å². The number of hydrogen-bond acceptors (Lipinski definition) is 3. The number of amidine groups is 1. The van der Waals surface area contributed by atoms with Crippen molar-refractivity contribution in [1.29, 1.82) is 5.41 Å². The maximum absolute atomic E-state index is 13.0. The fourth-order valence-corrected chi connectivity index (χ4v) is 2.68. The third kappa shape index (κ3) is 2.77. The molecule has 0 bridgehead atoms. The SMILES string of the molecule is CSc1cccc(N(C)c2ccc(F)cc2)c1C(=N)N. The maximum atomic E-state index is 13.0. The molecule has 0 aliphatic heterocycles. The second kappa shape index (κ2) is 5.96. The van der Waals surface area contributed by atoms with Crippen molar-refractivity contribution in [2.24, 2.45) is 5.73 Å². The number of nitrogens with one attached hydrogen (secondary N) is 1. The van der Waals surface area contributed by atoms with Gasteiger partial charge < -0.3 is 10.6 Å². The Hall–Kier alpha value is -2.01. The van der Waals surface area contributed by atoms with E-state index in [4.69, 9.17) is 11.1 Å². The van der Waals surface area contributed by atoms with Crippen molar-refractivity contribution in [2.45, 2.75) is 4.90 Å². The van der Waals surface area contributed by atoms with E-state index < -0.39 is 0 Å². The fraction of sp³-hybridized carbons (Fsp3) is 0.133. The maximum Gasteiger partial charge on any atom is 0.126 e. The van der Waals surface area contributed by atoms with Gasteiger partial charge in [-0.15, -0.1) is 11.8 Å². The zero-order valence-corrected chi connectivity index (χ0v) is 12.2. The van der Waals surface area contributed by atoms with Crippen LogP contribution in [0.4, 0.5) is 15.8 Å². The number of halogens is 1. The molecule has 0 heterocycles. The molecule has 0 aliphatic carbocycles. The first-order valence-electron chi connectivity index (χ1n) is 6.05. The number of thioether (sulfide) groups is 1. The lowest BCUT2D eigenvalue weighted by Gasteiger charge is -2.23. The highest BCUT2D eigenvalue weighted by Gasteiger charge is 2.15. The van der Waals surface area contributed by atoms with Crippen molar-refractivity contribution in [3.05, 3.63) is 53.8 Å².